The summed E-state index contributed by atoms with van der Waals surface area (Å²) >= 11 is 0. The Morgan fingerprint density at radius 1 is 1.05 bits per heavy atom. The number of benzene rings is 1. The molecule has 2 heteroatoms. The maximum atomic E-state index is 11.2. The summed E-state index contributed by atoms with van der Waals surface area (Å²) in [5.41, 5.74) is 0.375. The van der Waals surface area contributed by atoms with E-state index < -0.39 is 5.60 Å². The first-order valence-corrected chi connectivity index (χ1v) is 7.82. The molecule has 2 unspecified atom stereocenters. The quantitative estimate of drug-likeness (QED) is 0.891. The van der Waals surface area contributed by atoms with Gasteiger partial charge in [0.15, 0.2) is 0 Å². The molecule has 0 radical (unpaired) electrons. The van der Waals surface area contributed by atoms with Crippen molar-refractivity contribution in [2.45, 2.75) is 44.1 Å². The van der Waals surface area contributed by atoms with Crippen LogP contribution in [0.25, 0.3) is 10.8 Å². The van der Waals surface area contributed by atoms with Crippen LogP contribution in [0.1, 0.15) is 44.1 Å². The minimum atomic E-state index is -0.667. The summed E-state index contributed by atoms with van der Waals surface area (Å²) in [5, 5.41) is 13.5. The zero-order valence-corrected chi connectivity index (χ0v) is 11.8. The lowest BCUT2D eigenvalue weighted by atomic mass is 9.72. The standard InChI is InChI=1S/C18H21NO/c20-18(9-3-5-14(10-18)13-7-8-13)17-12-19-11-15-4-1-2-6-16(15)17/h1-2,4,6,11-14,20H,3,5,7-10H2. The molecule has 4 rings (SSSR count). The Morgan fingerprint density at radius 2 is 1.90 bits per heavy atom. The minimum Gasteiger partial charge on any atom is -0.385 e. The van der Waals surface area contributed by atoms with E-state index in [0.29, 0.717) is 5.92 Å². The number of pyridine rings is 1. The van der Waals surface area contributed by atoms with E-state index in [1.54, 1.807) is 0 Å². The van der Waals surface area contributed by atoms with Crippen LogP contribution in [0.4, 0.5) is 0 Å². The fourth-order valence-electron chi connectivity index (χ4n) is 4.00. The van der Waals surface area contributed by atoms with Gasteiger partial charge in [0.25, 0.3) is 0 Å². The highest BCUT2D eigenvalue weighted by atomic mass is 16.3. The summed E-state index contributed by atoms with van der Waals surface area (Å²) in [4.78, 5) is 4.36. The zero-order chi connectivity index (χ0) is 13.6. The largest absolute Gasteiger partial charge is 0.385 e. The molecular formula is C18H21NO. The maximum Gasteiger partial charge on any atom is 0.0920 e. The topological polar surface area (TPSA) is 33.1 Å². The molecule has 20 heavy (non-hydrogen) atoms. The summed E-state index contributed by atoms with van der Waals surface area (Å²) in [7, 11) is 0. The first-order chi connectivity index (χ1) is 9.76. The van der Waals surface area contributed by atoms with Crippen LogP contribution in [-0.4, -0.2) is 10.1 Å². The Labute approximate surface area is 119 Å². The van der Waals surface area contributed by atoms with E-state index >= 15 is 0 Å². The predicted octanol–water partition coefficient (Wildman–Crippen LogP) is 4.02. The summed E-state index contributed by atoms with van der Waals surface area (Å²) in [6.07, 6.45) is 10.8. The van der Waals surface area contributed by atoms with Gasteiger partial charge in [0.1, 0.15) is 0 Å². The van der Waals surface area contributed by atoms with Crippen molar-refractivity contribution in [3.05, 3.63) is 42.2 Å². The second kappa shape index (κ2) is 4.56. The molecule has 2 aliphatic rings. The normalized spacial score (nSPS) is 30.6. The highest BCUT2D eigenvalue weighted by molar-refractivity contribution is 5.85. The number of fused-ring (bicyclic) bond motifs is 1. The Morgan fingerprint density at radius 3 is 2.75 bits per heavy atom. The Hall–Kier alpha value is -1.41. The minimum absolute atomic E-state index is 0.667. The Balaban J connectivity index is 1.76. The third-order valence-corrected chi connectivity index (χ3v) is 5.22. The van der Waals surface area contributed by atoms with E-state index in [1.165, 1.54) is 24.6 Å². The molecule has 1 aromatic heterocycles. The van der Waals surface area contributed by atoms with Crippen molar-refractivity contribution in [2.75, 3.05) is 0 Å². The fraction of sp³-hybridized carbons (Fsp3) is 0.500. The smallest absolute Gasteiger partial charge is 0.0920 e. The lowest BCUT2D eigenvalue weighted by Gasteiger charge is -2.38. The van der Waals surface area contributed by atoms with Gasteiger partial charge in [-0.25, -0.2) is 0 Å². The van der Waals surface area contributed by atoms with Gasteiger partial charge in [0.05, 0.1) is 5.60 Å². The number of hydrogen-bond acceptors (Lipinski definition) is 2. The van der Waals surface area contributed by atoms with Crippen LogP contribution in [-0.2, 0) is 5.60 Å². The van der Waals surface area contributed by atoms with Gasteiger partial charge in [0.2, 0.25) is 0 Å². The van der Waals surface area contributed by atoms with Gasteiger partial charge in [-0.1, -0.05) is 24.3 Å². The van der Waals surface area contributed by atoms with Crippen LogP contribution in [0.2, 0.25) is 0 Å². The fourth-order valence-corrected chi connectivity index (χ4v) is 4.00. The average Bonchev–Trinajstić information content (AvgIpc) is 3.31. The van der Waals surface area contributed by atoms with Gasteiger partial charge in [-0.05, 0) is 55.7 Å². The molecule has 0 spiro atoms. The number of hydrogen-bond donors (Lipinski definition) is 1. The monoisotopic (exact) mass is 267 g/mol. The van der Waals surface area contributed by atoms with E-state index in [0.717, 1.165) is 36.1 Å². The molecule has 2 atom stereocenters. The van der Waals surface area contributed by atoms with Gasteiger partial charge >= 0.3 is 0 Å². The number of aliphatic hydroxyl groups is 1. The molecule has 1 aromatic carbocycles. The lowest BCUT2D eigenvalue weighted by Crippen LogP contribution is -2.33. The first-order valence-electron chi connectivity index (χ1n) is 7.82. The van der Waals surface area contributed by atoms with E-state index in [4.69, 9.17) is 0 Å². The average molecular weight is 267 g/mol. The van der Waals surface area contributed by atoms with Crippen molar-refractivity contribution >= 4 is 10.8 Å². The van der Waals surface area contributed by atoms with E-state index in [1.807, 2.05) is 18.5 Å². The highest BCUT2D eigenvalue weighted by Gasteiger charge is 2.42. The molecule has 2 aromatic rings. The van der Waals surface area contributed by atoms with E-state index in [-0.39, 0.29) is 0 Å². The zero-order valence-electron chi connectivity index (χ0n) is 11.8. The molecule has 0 amide bonds. The molecule has 0 saturated heterocycles. The summed E-state index contributed by atoms with van der Waals surface area (Å²) in [5.74, 6) is 1.59. The third kappa shape index (κ3) is 2.03. The van der Waals surface area contributed by atoms with E-state index in [2.05, 4.69) is 23.2 Å². The van der Waals surface area contributed by atoms with Crippen molar-refractivity contribution in [3.63, 3.8) is 0 Å². The van der Waals surface area contributed by atoms with Gasteiger partial charge < -0.3 is 5.11 Å². The van der Waals surface area contributed by atoms with E-state index in [9.17, 15) is 5.11 Å². The molecular weight excluding hydrogens is 246 g/mol. The van der Waals surface area contributed by atoms with Crippen molar-refractivity contribution in [2.24, 2.45) is 11.8 Å². The summed E-state index contributed by atoms with van der Waals surface area (Å²) in [6.45, 7) is 0. The first kappa shape index (κ1) is 12.3. The van der Waals surface area contributed by atoms with Crippen LogP contribution in [0, 0.1) is 11.8 Å². The molecule has 1 N–H and O–H groups in total. The van der Waals surface area contributed by atoms with Crippen LogP contribution in [0.5, 0.6) is 0 Å². The van der Waals surface area contributed by atoms with Crippen LogP contribution in [0.15, 0.2) is 36.7 Å². The predicted molar refractivity (Wildman–Crippen MR) is 80.3 cm³/mol. The van der Waals surface area contributed by atoms with Crippen molar-refractivity contribution in [1.29, 1.82) is 0 Å². The SMILES string of the molecule is OC1(c2cncc3ccccc23)CCCC(C2CC2)C1. The lowest BCUT2D eigenvalue weighted by molar-refractivity contribution is -0.0241. The maximum absolute atomic E-state index is 11.2. The molecule has 0 bridgehead atoms. The number of nitrogens with zero attached hydrogens (tertiary/aromatic N) is 1. The van der Waals surface area contributed by atoms with Crippen molar-refractivity contribution in [1.82, 2.24) is 4.98 Å². The molecule has 2 aliphatic carbocycles. The molecule has 104 valence electrons. The number of aromatic nitrogens is 1. The molecule has 1 heterocycles. The Kier molecular flexibility index (Phi) is 2.81. The van der Waals surface area contributed by atoms with Crippen LogP contribution < -0.4 is 0 Å². The summed E-state index contributed by atoms with van der Waals surface area (Å²) < 4.78 is 0. The van der Waals surface area contributed by atoms with Gasteiger partial charge in [-0.2, -0.15) is 0 Å². The molecule has 2 fully saturated rings. The molecule has 2 saturated carbocycles. The van der Waals surface area contributed by atoms with Crippen LogP contribution >= 0.6 is 0 Å². The summed E-state index contributed by atoms with van der Waals surface area (Å²) in [6, 6.07) is 8.28. The molecule has 0 aliphatic heterocycles. The Bertz CT molecular complexity index is 629. The van der Waals surface area contributed by atoms with Gasteiger partial charge in [-0.3, -0.25) is 4.98 Å². The second-order valence-corrected chi connectivity index (χ2v) is 6.63. The molecule has 2 nitrogen and oxygen atoms in total. The third-order valence-electron chi connectivity index (χ3n) is 5.22. The van der Waals surface area contributed by atoms with Crippen LogP contribution in [0.3, 0.4) is 0 Å². The van der Waals surface area contributed by atoms with Gasteiger partial charge in [-0.15, -0.1) is 0 Å². The highest BCUT2D eigenvalue weighted by Crippen LogP contribution is 2.50. The number of rotatable bonds is 2. The van der Waals surface area contributed by atoms with Crippen molar-refractivity contribution in [3.8, 4) is 0 Å². The second-order valence-electron chi connectivity index (χ2n) is 6.63. The van der Waals surface area contributed by atoms with Gasteiger partial charge in [0, 0.05) is 23.3 Å². The van der Waals surface area contributed by atoms with Crippen molar-refractivity contribution < 1.29 is 5.11 Å².